The Labute approximate surface area is 595 Å². The molecule has 3 fully saturated rings. The Bertz CT molecular complexity index is 2480. The van der Waals surface area contributed by atoms with Gasteiger partial charge < -0.3 is 76.5 Å². The smallest absolute Gasteiger partial charge is 0.311 e. The van der Waals surface area contributed by atoms with Crippen LogP contribution in [0.4, 0.5) is 0 Å². The third-order valence-electron chi connectivity index (χ3n) is 17.5. The van der Waals surface area contributed by atoms with Gasteiger partial charge in [-0.3, -0.25) is 47.9 Å². The molecule has 0 bridgehead atoms. The van der Waals surface area contributed by atoms with Gasteiger partial charge >= 0.3 is 47.8 Å². The average molecular weight is 1430 g/mol. The van der Waals surface area contributed by atoms with Gasteiger partial charge in [0.25, 0.3) is 0 Å². The molecule has 100 heavy (non-hydrogen) atoms. The van der Waals surface area contributed by atoms with Crippen molar-refractivity contribution < 1.29 is 114 Å². The lowest BCUT2D eigenvalue weighted by atomic mass is 9.94. The van der Waals surface area contributed by atoms with E-state index in [1.54, 1.807) is 41.5 Å². The van der Waals surface area contributed by atoms with Gasteiger partial charge in [0.1, 0.15) is 25.4 Å². The van der Waals surface area contributed by atoms with Crippen molar-refractivity contribution in [3.8, 4) is 0 Å². The van der Waals surface area contributed by atoms with Crippen LogP contribution in [-0.2, 0) is 114 Å². The summed E-state index contributed by atoms with van der Waals surface area (Å²) in [6.07, 6.45) is 4.48. The van der Waals surface area contributed by atoms with Crippen molar-refractivity contribution in [3.63, 3.8) is 0 Å². The van der Waals surface area contributed by atoms with Gasteiger partial charge in [-0.1, -0.05) is 168 Å². The van der Waals surface area contributed by atoms with Gasteiger partial charge in [-0.05, 0) is 68.2 Å². The first-order valence-electron chi connectivity index (χ1n) is 37.1. The van der Waals surface area contributed by atoms with E-state index in [9.17, 15) is 47.9 Å². The number of unbranched alkanes of at least 4 members (excludes halogenated alkanes) is 24. The molecular weight excluding hydrogens is 1300 g/mol. The molecule has 3 heterocycles. The predicted octanol–water partition coefficient (Wildman–Crippen LogP) is 11.3. The standard InChI is InChI=1S/C74H126N2O24/c1-17-19-21-23-25-27-29-30-31-32-33-34-35-37-39-41-43-75-57(83)45-76(44-42-40-38-36-28-26-24-22-20-18-2)58(84)47-87-68-65(99-70-67(96-55(10)82)63(94-53(8)80)60(49(4)90-70)92-51(6)78)64(100-72(86)74(14,15)16)61(56(97-68)46-88-71(85)73(11,12)13)98-69-66(95-54(9)81)62(93-52(7)79)59(48(3)89-69)91-50(5)77/h48-49,56,59-70H,17-47H2,1-16H3,(H,75,83)/t48-,49-,56+,59-,60-,61+,62+,63+,64-,65+,66+,67+,68+,69-,70-/m0/s1. The van der Waals surface area contributed by atoms with E-state index in [0.717, 1.165) is 106 Å². The topological polar surface area (TPSA) is 315 Å². The summed E-state index contributed by atoms with van der Waals surface area (Å²) in [6.45, 7) is 21.9. The molecule has 0 spiro atoms. The predicted molar refractivity (Wildman–Crippen MR) is 367 cm³/mol. The highest BCUT2D eigenvalue weighted by Crippen LogP contribution is 2.39. The van der Waals surface area contributed by atoms with Crippen molar-refractivity contribution >= 4 is 59.6 Å². The molecule has 0 aromatic heterocycles. The van der Waals surface area contributed by atoms with Gasteiger partial charge in [-0.25, -0.2) is 0 Å². The fraction of sp³-hybridized carbons (Fsp3) is 0.865. The quantitative estimate of drug-likeness (QED) is 0.0336. The molecule has 576 valence electrons. The van der Waals surface area contributed by atoms with E-state index in [1.165, 1.54) is 115 Å². The Morgan fingerprint density at radius 1 is 0.380 bits per heavy atom. The van der Waals surface area contributed by atoms with Crippen LogP contribution in [0.25, 0.3) is 0 Å². The lowest BCUT2D eigenvalue weighted by Gasteiger charge is -2.50. The molecule has 0 unspecified atom stereocenters. The number of hydrogen-bond donors (Lipinski definition) is 1. The summed E-state index contributed by atoms with van der Waals surface area (Å²) >= 11 is 0. The van der Waals surface area contributed by atoms with E-state index >= 15 is 0 Å². The number of nitrogens with zero attached hydrogens (tertiary/aromatic N) is 1. The van der Waals surface area contributed by atoms with Gasteiger partial charge in [0, 0.05) is 54.6 Å². The monoisotopic (exact) mass is 1430 g/mol. The summed E-state index contributed by atoms with van der Waals surface area (Å²) in [5, 5.41) is 3.00. The van der Waals surface area contributed by atoms with Gasteiger partial charge in [0.15, 0.2) is 67.7 Å². The molecule has 3 aliphatic rings. The number of carbonyl (C=O) groups excluding carboxylic acids is 10. The summed E-state index contributed by atoms with van der Waals surface area (Å²) in [6, 6.07) is 0. The van der Waals surface area contributed by atoms with Crippen LogP contribution in [0.2, 0.25) is 0 Å². The van der Waals surface area contributed by atoms with Gasteiger partial charge in [-0.2, -0.15) is 0 Å². The molecule has 0 radical (unpaired) electrons. The average Bonchev–Trinajstić information content (AvgIpc) is 0.761. The molecule has 1 N–H and O–H groups in total. The Morgan fingerprint density at radius 3 is 1.10 bits per heavy atom. The Kier molecular flexibility index (Phi) is 41.6. The summed E-state index contributed by atoms with van der Waals surface area (Å²) in [7, 11) is 0. The van der Waals surface area contributed by atoms with Crippen LogP contribution in [0.5, 0.6) is 0 Å². The minimum absolute atomic E-state index is 0.165. The van der Waals surface area contributed by atoms with E-state index in [2.05, 4.69) is 19.2 Å². The zero-order valence-corrected chi connectivity index (χ0v) is 63.3. The normalized spacial score (nSPS) is 25.3. The Morgan fingerprint density at radius 2 is 0.720 bits per heavy atom. The Balaban J connectivity index is 2.18. The van der Waals surface area contributed by atoms with E-state index in [1.807, 2.05) is 0 Å². The number of nitrogens with one attached hydrogen (secondary N) is 1. The Hall–Kier alpha value is -5.54. The maximum absolute atomic E-state index is 15.0. The van der Waals surface area contributed by atoms with Crippen molar-refractivity contribution in [2.45, 2.75) is 370 Å². The highest BCUT2D eigenvalue weighted by molar-refractivity contribution is 5.85. The molecule has 3 saturated heterocycles. The number of amides is 2. The number of carbonyl (C=O) groups is 10. The van der Waals surface area contributed by atoms with E-state index < -0.39 is 170 Å². The zero-order chi connectivity index (χ0) is 74.5. The molecule has 2 amide bonds. The fourth-order valence-corrected chi connectivity index (χ4v) is 12.2. The van der Waals surface area contributed by atoms with E-state index in [4.69, 9.17) is 66.3 Å². The van der Waals surface area contributed by atoms with Crippen LogP contribution in [0, 0.1) is 10.8 Å². The minimum atomic E-state index is -1.93. The second-order valence-corrected chi connectivity index (χ2v) is 29.0. The second kappa shape index (κ2) is 46.9. The maximum atomic E-state index is 15.0. The van der Waals surface area contributed by atoms with Crippen LogP contribution in [0.15, 0.2) is 0 Å². The highest BCUT2D eigenvalue weighted by atomic mass is 16.8. The SMILES string of the molecule is CCCCCCCCCCCCCCCCCCNC(=O)CN(CCCCCCCCCCCC)C(=O)CO[C@@H]1O[C@H](COC(=O)C(C)(C)C)[C@@H](O[C@@H]2O[C@@H](C)[C@H](OC(C)=O)[C@@H](OC(C)=O)[C@H]2OC(C)=O)[C@H](OC(=O)C(C)(C)C)[C@H]1O[C@@H]1O[C@@H](C)[C@H](OC(C)=O)[C@@H](OC(C)=O)[C@H]1OC(C)=O. The van der Waals surface area contributed by atoms with E-state index in [-0.39, 0.29) is 19.0 Å². The molecule has 0 aromatic rings. The van der Waals surface area contributed by atoms with Crippen LogP contribution in [-0.4, -0.2) is 189 Å². The number of rotatable bonds is 46. The van der Waals surface area contributed by atoms with Crippen LogP contribution < -0.4 is 5.32 Å². The van der Waals surface area contributed by atoms with Crippen LogP contribution >= 0.6 is 0 Å². The summed E-state index contributed by atoms with van der Waals surface area (Å²) in [5.41, 5.74) is -2.46. The van der Waals surface area contributed by atoms with Crippen molar-refractivity contribution in [2.24, 2.45) is 10.8 Å². The maximum Gasteiger partial charge on any atom is 0.311 e. The third-order valence-corrected chi connectivity index (χ3v) is 17.5. The number of hydrogen-bond acceptors (Lipinski definition) is 24. The molecule has 0 saturated carbocycles. The van der Waals surface area contributed by atoms with Crippen molar-refractivity contribution in [3.05, 3.63) is 0 Å². The summed E-state index contributed by atoms with van der Waals surface area (Å²) < 4.78 is 86.3. The summed E-state index contributed by atoms with van der Waals surface area (Å²) in [5.74, 6) is -8.01. The van der Waals surface area contributed by atoms with Crippen molar-refractivity contribution in [2.75, 3.05) is 32.8 Å². The van der Waals surface area contributed by atoms with Gasteiger partial charge in [0.05, 0.1) is 29.6 Å². The fourth-order valence-electron chi connectivity index (χ4n) is 12.2. The summed E-state index contributed by atoms with van der Waals surface area (Å²) in [4.78, 5) is 136. The largest absolute Gasteiger partial charge is 0.462 e. The number of esters is 8. The van der Waals surface area contributed by atoms with Gasteiger partial charge in [-0.15, -0.1) is 0 Å². The molecule has 3 aliphatic heterocycles. The zero-order valence-electron chi connectivity index (χ0n) is 63.3. The van der Waals surface area contributed by atoms with E-state index in [0.29, 0.717) is 13.0 Å². The molecule has 26 heteroatoms. The molecule has 0 aliphatic carbocycles. The lowest BCUT2D eigenvalue weighted by molar-refractivity contribution is -0.385. The molecule has 26 nitrogen and oxygen atoms in total. The van der Waals surface area contributed by atoms with Crippen LogP contribution in [0.1, 0.15) is 278 Å². The molecule has 0 aromatic carbocycles. The number of ether oxygens (including phenoxy) is 14. The minimum Gasteiger partial charge on any atom is -0.462 e. The van der Waals surface area contributed by atoms with Gasteiger partial charge in [0.2, 0.25) is 11.8 Å². The van der Waals surface area contributed by atoms with Crippen molar-refractivity contribution in [1.29, 1.82) is 0 Å². The lowest BCUT2D eigenvalue weighted by Crippen LogP contribution is -2.68. The van der Waals surface area contributed by atoms with Crippen molar-refractivity contribution in [1.82, 2.24) is 10.2 Å². The molecule has 15 atom stereocenters. The first-order valence-corrected chi connectivity index (χ1v) is 37.1. The molecular formula is C74H126N2O24. The third kappa shape index (κ3) is 33.7. The highest BCUT2D eigenvalue weighted by Gasteiger charge is 2.60. The first kappa shape index (κ1) is 88.7. The second-order valence-electron chi connectivity index (χ2n) is 29.0. The molecule has 3 rings (SSSR count). The van der Waals surface area contributed by atoms with Crippen LogP contribution in [0.3, 0.4) is 0 Å². The first-order chi connectivity index (χ1) is 47.3.